The van der Waals surface area contributed by atoms with Crippen molar-refractivity contribution in [1.82, 2.24) is 0 Å². The average Bonchev–Trinajstić information content (AvgIpc) is 2.78. The van der Waals surface area contributed by atoms with E-state index in [-0.39, 0.29) is 23.9 Å². The maximum atomic E-state index is 12.9. The molecule has 4 atom stereocenters. The smallest absolute Gasteiger partial charge is 0.146 e. The van der Waals surface area contributed by atoms with Gasteiger partial charge in [0.05, 0.1) is 31.5 Å². The molecule has 0 aromatic heterocycles. The number of rotatable bonds is 11. The molecule has 1 aromatic rings. The van der Waals surface area contributed by atoms with Crippen LogP contribution in [-0.2, 0) is 20.9 Å². The number of hydrogen-bond donors (Lipinski definition) is 1. The lowest BCUT2D eigenvalue weighted by atomic mass is 9.74. The van der Waals surface area contributed by atoms with Gasteiger partial charge in [-0.05, 0) is 56.9 Å². The van der Waals surface area contributed by atoms with E-state index in [0.717, 1.165) is 5.56 Å². The van der Waals surface area contributed by atoms with Crippen molar-refractivity contribution in [2.24, 2.45) is 17.3 Å². The molecule has 33 heavy (non-hydrogen) atoms. The highest BCUT2D eigenvalue weighted by Crippen LogP contribution is 2.31. The van der Waals surface area contributed by atoms with Crippen molar-refractivity contribution in [2.75, 3.05) is 6.61 Å². The standard InChI is InChI=1S/C22H36O4.C7H4/c1-15(2)26-18(5)22(6,7)21(24)17(4)20(23)16(3)13-25-14-19-11-9-8-10-12-19;1-3-5-7-6-4-2/h8-12,15-18,20,23H,13-14H2,1-7H3;1H,2H3/t16-,17+,18?,20-;/m0./s1. The number of carbonyl (C=O) groups excluding carboxylic acids is 1. The predicted octanol–water partition coefficient (Wildman–Crippen LogP) is 4.89. The number of ether oxygens (including phenoxy) is 2. The molecule has 0 spiro atoms. The Morgan fingerprint density at radius 2 is 1.67 bits per heavy atom. The first-order valence-electron chi connectivity index (χ1n) is 11.4. The lowest BCUT2D eigenvalue weighted by Gasteiger charge is -2.36. The fraction of sp³-hybridized carbons (Fsp3) is 0.552. The summed E-state index contributed by atoms with van der Waals surface area (Å²) in [6, 6.07) is 9.92. The largest absolute Gasteiger partial charge is 0.392 e. The molecule has 0 fully saturated rings. The Morgan fingerprint density at radius 3 is 2.18 bits per heavy atom. The van der Waals surface area contributed by atoms with Crippen LogP contribution < -0.4 is 0 Å². The summed E-state index contributed by atoms with van der Waals surface area (Å²) in [5.41, 5.74) is 0.439. The second-order valence-corrected chi connectivity index (χ2v) is 8.94. The van der Waals surface area contributed by atoms with Crippen LogP contribution in [0.2, 0.25) is 0 Å². The lowest BCUT2D eigenvalue weighted by molar-refractivity contribution is -0.146. The van der Waals surface area contributed by atoms with E-state index < -0.39 is 17.4 Å². The van der Waals surface area contributed by atoms with E-state index in [0.29, 0.717) is 13.2 Å². The molecule has 0 amide bonds. The zero-order valence-electron chi connectivity index (χ0n) is 21.4. The Hall–Kier alpha value is -2.55. The van der Waals surface area contributed by atoms with Gasteiger partial charge in [0.2, 0.25) is 0 Å². The van der Waals surface area contributed by atoms with E-state index in [2.05, 4.69) is 29.6 Å². The minimum absolute atomic E-state index is 0.0214. The van der Waals surface area contributed by atoms with Crippen molar-refractivity contribution in [3.8, 4) is 36.0 Å². The monoisotopic (exact) mass is 452 g/mol. The highest BCUT2D eigenvalue weighted by Gasteiger charge is 2.40. The number of carbonyl (C=O) groups is 1. The summed E-state index contributed by atoms with van der Waals surface area (Å²) in [4.78, 5) is 12.9. The summed E-state index contributed by atoms with van der Waals surface area (Å²) in [6.07, 6.45) is 3.88. The quantitative estimate of drug-likeness (QED) is 0.486. The summed E-state index contributed by atoms with van der Waals surface area (Å²) in [5, 5.41) is 10.6. The second-order valence-electron chi connectivity index (χ2n) is 8.94. The van der Waals surface area contributed by atoms with Crippen molar-refractivity contribution in [3.05, 3.63) is 35.9 Å². The van der Waals surface area contributed by atoms with Crippen LogP contribution in [-0.4, -0.2) is 35.8 Å². The van der Waals surface area contributed by atoms with Crippen LogP contribution in [0.3, 0.4) is 0 Å². The van der Waals surface area contributed by atoms with Crippen molar-refractivity contribution >= 4 is 5.78 Å². The van der Waals surface area contributed by atoms with E-state index in [1.54, 1.807) is 13.8 Å². The van der Waals surface area contributed by atoms with Crippen LogP contribution >= 0.6 is 0 Å². The Balaban J connectivity index is 0.00000126. The van der Waals surface area contributed by atoms with Gasteiger partial charge in [0, 0.05) is 17.3 Å². The molecule has 0 bridgehead atoms. The van der Waals surface area contributed by atoms with Crippen LogP contribution in [0.5, 0.6) is 0 Å². The van der Waals surface area contributed by atoms with Crippen molar-refractivity contribution in [2.45, 2.75) is 80.3 Å². The van der Waals surface area contributed by atoms with E-state index in [4.69, 9.17) is 15.9 Å². The molecule has 4 nitrogen and oxygen atoms in total. The molecular formula is C29H40O4. The molecule has 1 aromatic carbocycles. The molecule has 1 N–H and O–H groups in total. The molecule has 180 valence electrons. The van der Waals surface area contributed by atoms with Gasteiger partial charge in [0.25, 0.3) is 0 Å². The predicted molar refractivity (Wildman–Crippen MR) is 135 cm³/mol. The molecular weight excluding hydrogens is 412 g/mol. The lowest BCUT2D eigenvalue weighted by Crippen LogP contribution is -2.45. The highest BCUT2D eigenvalue weighted by atomic mass is 16.5. The summed E-state index contributed by atoms with van der Waals surface area (Å²) in [7, 11) is 0. The van der Waals surface area contributed by atoms with Crippen LogP contribution in [0.4, 0.5) is 0 Å². The number of terminal acetylenes is 1. The Kier molecular flexibility index (Phi) is 14.9. The molecule has 0 saturated heterocycles. The first kappa shape index (κ1) is 30.4. The third-order valence-electron chi connectivity index (χ3n) is 5.45. The molecule has 0 aliphatic carbocycles. The number of benzene rings is 1. The van der Waals surface area contributed by atoms with Gasteiger partial charge in [-0.1, -0.05) is 63.9 Å². The average molecular weight is 453 g/mol. The zero-order chi connectivity index (χ0) is 25.4. The molecule has 0 aliphatic heterocycles. The van der Waals surface area contributed by atoms with Crippen molar-refractivity contribution in [3.63, 3.8) is 0 Å². The maximum Gasteiger partial charge on any atom is 0.146 e. The summed E-state index contributed by atoms with van der Waals surface area (Å²) >= 11 is 0. The summed E-state index contributed by atoms with van der Waals surface area (Å²) in [6.45, 7) is 16.0. The molecule has 0 radical (unpaired) electrons. The second kappa shape index (κ2) is 16.1. The van der Waals surface area contributed by atoms with E-state index in [9.17, 15) is 9.90 Å². The van der Waals surface area contributed by atoms with Crippen LogP contribution in [0.15, 0.2) is 30.3 Å². The Bertz CT molecular complexity index is 856. The molecule has 1 rings (SSSR count). The zero-order valence-corrected chi connectivity index (χ0v) is 21.4. The molecule has 1 unspecified atom stereocenters. The fourth-order valence-electron chi connectivity index (χ4n) is 3.18. The Morgan fingerprint density at radius 1 is 1.06 bits per heavy atom. The number of aliphatic hydroxyl groups is 1. The summed E-state index contributed by atoms with van der Waals surface area (Å²) in [5.74, 6) is 11.4. The minimum Gasteiger partial charge on any atom is -0.392 e. The number of ketones is 1. The third-order valence-corrected chi connectivity index (χ3v) is 5.45. The van der Waals surface area contributed by atoms with E-state index >= 15 is 0 Å². The van der Waals surface area contributed by atoms with Crippen molar-refractivity contribution in [1.29, 1.82) is 0 Å². The van der Waals surface area contributed by atoms with Gasteiger partial charge in [0.1, 0.15) is 5.78 Å². The van der Waals surface area contributed by atoms with E-state index in [1.807, 2.05) is 71.9 Å². The normalized spacial score (nSPS) is 14.1. The van der Waals surface area contributed by atoms with Gasteiger partial charge in [-0.25, -0.2) is 0 Å². The van der Waals surface area contributed by atoms with Crippen LogP contribution in [0.25, 0.3) is 0 Å². The SMILES string of the molecule is C#CC#CC#CC.CC(C)OC(C)C(C)(C)C(=O)[C@H](C)[C@@H](O)[C@@H](C)COCc1ccccc1. The van der Waals surface area contributed by atoms with Crippen LogP contribution in [0.1, 0.15) is 61.0 Å². The van der Waals surface area contributed by atoms with Crippen LogP contribution in [0, 0.1) is 53.3 Å². The molecule has 4 heteroatoms. The van der Waals surface area contributed by atoms with Gasteiger partial charge >= 0.3 is 0 Å². The maximum absolute atomic E-state index is 12.9. The Labute approximate surface area is 201 Å². The van der Waals surface area contributed by atoms with E-state index in [1.165, 1.54) is 0 Å². The summed E-state index contributed by atoms with van der Waals surface area (Å²) < 4.78 is 11.5. The first-order chi connectivity index (χ1) is 15.5. The van der Waals surface area contributed by atoms with Gasteiger partial charge in [-0.15, -0.1) is 6.42 Å². The third kappa shape index (κ3) is 11.8. The number of aliphatic hydroxyl groups excluding tert-OH is 1. The topological polar surface area (TPSA) is 55.8 Å². The van der Waals surface area contributed by atoms with Gasteiger partial charge in [-0.2, -0.15) is 0 Å². The number of hydrogen-bond acceptors (Lipinski definition) is 4. The first-order valence-corrected chi connectivity index (χ1v) is 11.4. The fourth-order valence-corrected chi connectivity index (χ4v) is 3.18. The molecule has 0 heterocycles. The molecule has 0 saturated carbocycles. The van der Waals surface area contributed by atoms with Gasteiger partial charge in [-0.3, -0.25) is 4.79 Å². The van der Waals surface area contributed by atoms with Gasteiger partial charge < -0.3 is 14.6 Å². The highest BCUT2D eigenvalue weighted by molar-refractivity contribution is 5.87. The van der Waals surface area contributed by atoms with Gasteiger partial charge in [0.15, 0.2) is 0 Å². The van der Waals surface area contributed by atoms with Crippen molar-refractivity contribution < 1.29 is 19.4 Å². The molecule has 0 aliphatic rings. The minimum atomic E-state index is -0.746. The number of Topliss-reactive ketones (excluding diaryl/α,β-unsaturated/α-hetero) is 1.